The second-order valence-corrected chi connectivity index (χ2v) is 4.82. The third-order valence-corrected chi connectivity index (χ3v) is 3.58. The molecule has 0 unspecified atom stereocenters. The molecule has 2 rings (SSSR count). The van der Waals surface area contributed by atoms with Gasteiger partial charge in [0.15, 0.2) is 0 Å². The summed E-state index contributed by atoms with van der Waals surface area (Å²) in [6.45, 7) is 2.91. The molecule has 0 spiro atoms. The van der Waals surface area contributed by atoms with Crippen LogP contribution in [0.1, 0.15) is 31.7 Å². The molecule has 1 aliphatic rings. The van der Waals surface area contributed by atoms with Gasteiger partial charge in [-0.1, -0.05) is 19.1 Å². The number of halogens is 1. The average Bonchev–Trinajstić information content (AvgIpc) is 3.11. The first-order valence-corrected chi connectivity index (χ1v) is 6.25. The van der Waals surface area contributed by atoms with Crippen LogP contribution in [0.4, 0.5) is 5.69 Å². The molecule has 0 aliphatic heterocycles. The molecule has 0 aromatic heterocycles. The van der Waals surface area contributed by atoms with Crippen LogP contribution in [0.15, 0.2) is 24.3 Å². The molecule has 1 aromatic carbocycles. The molecule has 4 heteroatoms. The van der Waals surface area contributed by atoms with Crippen LogP contribution in [0.3, 0.4) is 0 Å². The number of rotatable bonds is 5. The van der Waals surface area contributed by atoms with Gasteiger partial charge in [0.2, 0.25) is 5.91 Å². The van der Waals surface area contributed by atoms with E-state index >= 15 is 0 Å². The van der Waals surface area contributed by atoms with Gasteiger partial charge in [0.1, 0.15) is 0 Å². The van der Waals surface area contributed by atoms with E-state index < -0.39 is 0 Å². The Kier molecular flexibility index (Phi) is 5.17. The normalized spacial score (nSPS) is 15.7. The Morgan fingerprint density at radius 2 is 2.11 bits per heavy atom. The molecule has 1 amide bonds. The summed E-state index contributed by atoms with van der Waals surface area (Å²) >= 11 is 0. The van der Waals surface area contributed by atoms with Crippen LogP contribution >= 0.6 is 12.4 Å². The van der Waals surface area contributed by atoms with E-state index in [-0.39, 0.29) is 23.7 Å². The summed E-state index contributed by atoms with van der Waals surface area (Å²) in [6, 6.07) is 8.01. The van der Waals surface area contributed by atoms with Crippen LogP contribution in [0.5, 0.6) is 0 Å². The Labute approximate surface area is 115 Å². The van der Waals surface area contributed by atoms with Crippen molar-refractivity contribution in [2.75, 3.05) is 12.4 Å². The Balaban J connectivity index is 0.00000162. The smallest absolute Gasteiger partial charge is 0.230 e. The summed E-state index contributed by atoms with van der Waals surface area (Å²) in [4.78, 5) is 12.1. The molecule has 3 nitrogen and oxygen atoms in total. The highest BCUT2D eigenvalue weighted by molar-refractivity contribution is 5.97. The minimum absolute atomic E-state index is 0. The van der Waals surface area contributed by atoms with Crippen molar-refractivity contribution >= 4 is 24.0 Å². The minimum Gasteiger partial charge on any atom is -0.326 e. The first kappa shape index (κ1) is 15.0. The zero-order chi connectivity index (χ0) is 12.3. The van der Waals surface area contributed by atoms with E-state index in [0.717, 1.165) is 31.5 Å². The van der Waals surface area contributed by atoms with E-state index in [1.54, 1.807) is 0 Å². The molecular weight excluding hydrogens is 248 g/mol. The molecule has 100 valence electrons. The second kappa shape index (κ2) is 6.21. The molecule has 0 radical (unpaired) electrons. The molecular formula is C14H21ClN2O. The predicted octanol–water partition coefficient (Wildman–Crippen LogP) is 2.96. The zero-order valence-electron chi connectivity index (χ0n) is 11.0. The third-order valence-electron chi connectivity index (χ3n) is 3.58. The lowest BCUT2D eigenvalue weighted by atomic mass is 10.0. The van der Waals surface area contributed by atoms with Gasteiger partial charge in [-0.3, -0.25) is 4.79 Å². The van der Waals surface area contributed by atoms with Gasteiger partial charge >= 0.3 is 0 Å². The summed E-state index contributed by atoms with van der Waals surface area (Å²) in [7, 11) is 1.92. The number of hydrogen-bond donors (Lipinski definition) is 2. The van der Waals surface area contributed by atoms with Crippen molar-refractivity contribution in [3.8, 4) is 0 Å². The van der Waals surface area contributed by atoms with Gasteiger partial charge in [0.25, 0.3) is 0 Å². The van der Waals surface area contributed by atoms with E-state index in [4.69, 9.17) is 0 Å². The summed E-state index contributed by atoms with van der Waals surface area (Å²) < 4.78 is 0. The lowest BCUT2D eigenvalue weighted by Gasteiger charge is -2.13. The molecule has 1 saturated carbocycles. The van der Waals surface area contributed by atoms with E-state index in [1.165, 1.54) is 5.56 Å². The van der Waals surface area contributed by atoms with E-state index in [9.17, 15) is 4.79 Å². The maximum Gasteiger partial charge on any atom is 0.230 e. The lowest BCUT2D eigenvalue weighted by Crippen LogP contribution is -2.23. The van der Waals surface area contributed by atoms with Crippen molar-refractivity contribution in [1.82, 2.24) is 5.32 Å². The summed E-state index contributed by atoms with van der Waals surface area (Å²) in [5.41, 5.74) is 2.02. The van der Waals surface area contributed by atoms with Crippen molar-refractivity contribution in [2.45, 2.75) is 32.7 Å². The highest BCUT2D eigenvalue weighted by Gasteiger charge is 2.47. The number of anilines is 1. The number of nitrogens with one attached hydrogen (secondary N) is 2. The van der Waals surface area contributed by atoms with Gasteiger partial charge in [-0.2, -0.15) is 0 Å². The van der Waals surface area contributed by atoms with Crippen LogP contribution in [0.2, 0.25) is 0 Å². The number of carbonyl (C=O) groups is 1. The van der Waals surface area contributed by atoms with Crippen LogP contribution in [-0.4, -0.2) is 13.0 Å². The van der Waals surface area contributed by atoms with E-state index in [1.807, 2.05) is 25.2 Å². The highest BCUT2D eigenvalue weighted by atomic mass is 35.5. The van der Waals surface area contributed by atoms with E-state index in [0.29, 0.717) is 0 Å². The van der Waals surface area contributed by atoms with Gasteiger partial charge in [-0.15, -0.1) is 12.4 Å². The average molecular weight is 269 g/mol. The molecule has 18 heavy (non-hydrogen) atoms. The number of hydrogen-bond acceptors (Lipinski definition) is 2. The maximum absolute atomic E-state index is 12.1. The molecule has 0 atom stereocenters. The van der Waals surface area contributed by atoms with Gasteiger partial charge in [-0.25, -0.2) is 0 Å². The molecule has 1 aliphatic carbocycles. The van der Waals surface area contributed by atoms with Gasteiger partial charge in [0.05, 0.1) is 0 Å². The number of amides is 1. The van der Waals surface area contributed by atoms with Crippen LogP contribution in [-0.2, 0) is 11.3 Å². The summed E-state index contributed by atoms with van der Waals surface area (Å²) in [5.74, 6) is 0.182. The number of benzene rings is 1. The monoisotopic (exact) mass is 268 g/mol. The molecule has 1 fully saturated rings. The first-order chi connectivity index (χ1) is 8.20. The molecule has 0 bridgehead atoms. The van der Waals surface area contributed by atoms with Crippen molar-refractivity contribution in [3.05, 3.63) is 29.8 Å². The quantitative estimate of drug-likeness (QED) is 0.862. The minimum atomic E-state index is -0.0704. The second-order valence-electron chi connectivity index (χ2n) is 4.82. The lowest BCUT2D eigenvalue weighted by molar-refractivity contribution is -0.121. The Hall–Kier alpha value is -1.06. The Morgan fingerprint density at radius 1 is 1.39 bits per heavy atom. The summed E-state index contributed by atoms with van der Waals surface area (Å²) in [6.07, 6.45) is 3.01. The van der Waals surface area contributed by atoms with Crippen LogP contribution in [0.25, 0.3) is 0 Å². The predicted molar refractivity (Wildman–Crippen MR) is 77.0 cm³/mol. The largest absolute Gasteiger partial charge is 0.326 e. The highest BCUT2D eigenvalue weighted by Crippen LogP contribution is 2.49. The molecule has 0 heterocycles. The summed E-state index contributed by atoms with van der Waals surface area (Å²) in [5, 5.41) is 6.13. The Morgan fingerprint density at radius 3 is 2.67 bits per heavy atom. The zero-order valence-corrected chi connectivity index (χ0v) is 11.8. The van der Waals surface area contributed by atoms with Gasteiger partial charge in [-0.05, 0) is 44.0 Å². The molecule has 1 aromatic rings. The van der Waals surface area contributed by atoms with Gasteiger partial charge in [0, 0.05) is 17.6 Å². The fourth-order valence-electron chi connectivity index (χ4n) is 2.12. The fourth-order valence-corrected chi connectivity index (χ4v) is 2.12. The van der Waals surface area contributed by atoms with Crippen LogP contribution < -0.4 is 10.6 Å². The van der Waals surface area contributed by atoms with Crippen molar-refractivity contribution in [1.29, 1.82) is 0 Å². The fraction of sp³-hybridized carbons (Fsp3) is 0.500. The number of carbonyl (C=O) groups excluding carboxylic acids is 1. The Bertz CT molecular complexity index is 416. The van der Waals surface area contributed by atoms with E-state index in [2.05, 4.69) is 23.6 Å². The molecule has 2 N–H and O–H groups in total. The maximum atomic E-state index is 12.1. The van der Waals surface area contributed by atoms with Crippen LogP contribution in [0, 0.1) is 5.41 Å². The van der Waals surface area contributed by atoms with Crippen molar-refractivity contribution in [3.63, 3.8) is 0 Å². The first-order valence-electron chi connectivity index (χ1n) is 6.25. The third kappa shape index (κ3) is 3.24. The topological polar surface area (TPSA) is 41.1 Å². The standard InChI is InChI=1S/C14H20N2O.ClH/c1-3-14(7-8-14)13(17)16-12-6-4-5-11(9-12)10-15-2;/h4-6,9,15H,3,7-8,10H2,1-2H3,(H,16,17);1H. The molecule has 0 saturated heterocycles. The van der Waals surface area contributed by atoms with Gasteiger partial charge < -0.3 is 10.6 Å². The van der Waals surface area contributed by atoms with Crippen molar-refractivity contribution in [2.24, 2.45) is 5.41 Å². The van der Waals surface area contributed by atoms with Crippen molar-refractivity contribution < 1.29 is 4.79 Å². The SMILES string of the molecule is CCC1(C(=O)Nc2cccc(CNC)c2)CC1.Cl.